The van der Waals surface area contributed by atoms with Crippen LogP contribution in [-0.4, -0.2) is 36.7 Å². The lowest BCUT2D eigenvalue weighted by Gasteiger charge is -2.22. The Morgan fingerprint density at radius 1 is 1.42 bits per heavy atom. The van der Waals surface area contributed by atoms with Crippen LogP contribution in [0.15, 0.2) is 18.3 Å². The molecule has 0 aliphatic rings. The number of carbonyl (C=O) groups excluding carboxylic acids is 1. The van der Waals surface area contributed by atoms with Crippen molar-refractivity contribution in [3.05, 3.63) is 24.0 Å². The Bertz CT molecular complexity index is 402. The molecule has 5 nitrogen and oxygen atoms in total. The van der Waals surface area contributed by atoms with E-state index in [4.69, 9.17) is 4.74 Å². The summed E-state index contributed by atoms with van der Waals surface area (Å²) < 4.78 is 5.24. The van der Waals surface area contributed by atoms with Crippen molar-refractivity contribution in [2.75, 3.05) is 25.5 Å². The number of aromatic nitrogens is 1. The molecule has 2 N–H and O–H groups in total. The smallest absolute Gasteiger partial charge is 0.269 e. The molecule has 0 aromatic carbocycles. The fraction of sp³-hybridized carbons (Fsp3) is 0.571. The number of ether oxygens (including phenoxy) is 1. The molecule has 1 heterocycles. The summed E-state index contributed by atoms with van der Waals surface area (Å²) in [7, 11) is 1.62. The third-order valence-electron chi connectivity index (χ3n) is 2.80. The molecule has 1 aromatic heterocycles. The number of methoxy groups -OCH3 is 1. The highest BCUT2D eigenvalue weighted by Crippen LogP contribution is 2.08. The highest BCUT2D eigenvalue weighted by Gasteiger charge is 2.18. The Labute approximate surface area is 114 Å². The van der Waals surface area contributed by atoms with E-state index in [0.29, 0.717) is 12.2 Å². The zero-order chi connectivity index (χ0) is 14.3. The number of rotatable bonds is 7. The van der Waals surface area contributed by atoms with Crippen LogP contribution in [0.1, 0.15) is 37.7 Å². The molecular formula is C14H23N3O2. The summed E-state index contributed by atoms with van der Waals surface area (Å²) in [6.07, 6.45) is 2.72. The monoisotopic (exact) mass is 265 g/mol. The molecule has 0 atom stereocenters. The average Bonchev–Trinajstić information content (AvgIpc) is 2.43. The SMILES string of the molecule is CCCNc1ccc(C(=O)NCC(C)(C)OC)nc1. The second-order valence-electron chi connectivity index (χ2n) is 5.01. The van der Waals surface area contributed by atoms with Gasteiger partial charge in [-0.25, -0.2) is 4.98 Å². The second kappa shape index (κ2) is 7.09. The number of amides is 1. The van der Waals surface area contributed by atoms with Gasteiger partial charge >= 0.3 is 0 Å². The van der Waals surface area contributed by atoms with Gasteiger partial charge in [-0.1, -0.05) is 6.92 Å². The van der Waals surface area contributed by atoms with Crippen molar-refractivity contribution in [1.82, 2.24) is 10.3 Å². The summed E-state index contributed by atoms with van der Waals surface area (Å²) in [5.74, 6) is -0.188. The van der Waals surface area contributed by atoms with E-state index in [9.17, 15) is 4.79 Å². The predicted molar refractivity (Wildman–Crippen MR) is 76.4 cm³/mol. The molecule has 0 aliphatic heterocycles. The highest BCUT2D eigenvalue weighted by molar-refractivity contribution is 5.92. The largest absolute Gasteiger partial charge is 0.384 e. The Kier molecular flexibility index (Phi) is 5.76. The lowest BCUT2D eigenvalue weighted by molar-refractivity contribution is 0.0228. The molecule has 0 aliphatic carbocycles. The van der Waals surface area contributed by atoms with E-state index in [-0.39, 0.29) is 11.5 Å². The fourth-order valence-corrected chi connectivity index (χ4v) is 1.36. The number of hydrogen-bond donors (Lipinski definition) is 2. The third kappa shape index (κ3) is 5.26. The minimum atomic E-state index is -0.377. The van der Waals surface area contributed by atoms with E-state index >= 15 is 0 Å². The Hall–Kier alpha value is -1.62. The molecule has 0 fully saturated rings. The van der Waals surface area contributed by atoms with Crippen molar-refractivity contribution in [2.24, 2.45) is 0 Å². The predicted octanol–water partition coefficient (Wildman–Crippen LogP) is 2.06. The zero-order valence-electron chi connectivity index (χ0n) is 12.1. The maximum atomic E-state index is 11.9. The maximum Gasteiger partial charge on any atom is 0.269 e. The van der Waals surface area contributed by atoms with Crippen molar-refractivity contribution >= 4 is 11.6 Å². The van der Waals surface area contributed by atoms with Gasteiger partial charge in [-0.15, -0.1) is 0 Å². The van der Waals surface area contributed by atoms with Gasteiger partial charge in [0.25, 0.3) is 5.91 Å². The first-order valence-corrected chi connectivity index (χ1v) is 6.52. The molecule has 19 heavy (non-hydrogen) atoms. The minimum Gasteiger partial charge on any atom is -0.384 e. The van der Waals surface area contributed by atoms with Crippen LogP contribution in [0.4, 0.5) is 5.69 Å². The van der Waals surface area contributed by atoms with Crippen LogP contribution in [-0.2, 0) is 4.74 Å². The van der Waals surface area contributed by atoms with E-state index in [1.165, 1.54) is 0 Å². The van der Waals surface area contributed by atoms with Crippen LogP contribution in [0.5, 0.6) is 0 Å². The lowest BCUT2D eigenvalue weighted by Crippen LogP contribution is -2.39. The van der Waals surface area contributed by atoms with Crippen molar-refractivity contribution in [3.63, 3.8) is 0 Å². The molecule has 0 unspecified atom stereocenters. The lowest BCUT2D eigenvalue weighted by atomic mass is 10.1. The van der Waals surface area contributed by atoms with Crippen LogP contribution in [0.2, 0.25) is 0 Å². The summed E-state index contributed by atoms with van der Waals surface area (Å²) in [5, 5.41) is 6.02. The molecule has 0 saturated heterocycles. The van der Waals surface area contributed by atoms with Gasteiger partial charge in [0.05, 0.1) is 17.5 Å². The highest BCUT2D eigenvalue weighted by atomic mass is 16.5. The molecular weight excluding hydrogens is 242 g/mol. The Morgan fingerprint density at radius 2 is 2.16 bits per heavy atom. The third-order valence-corrected chi connectivity index (χ3v) is 2.80. The normalized spacial score (nSPS) is 11.2. The van der Waals surface area contributed by atoms with Gasteiger partial charge in [0, 0.05) is 20.2 Å². The van der Waals surface area contributed by atoms with E-state index in [1.807, 2.05) is 19.9 Å². The molecule has 0 bridgehead atoms. The quantitative estimate of drug-likeness (QED) is 0.792. The van der Waals surface area contributed by atoms with Crippen molar-refractivity contribution in [1.29, 1.82) is 0 Å². The van der Waals surface area contributed by atoms with Crippen LogP contribution >= 0.6 is 0 Å². The van der Waals surface area contributed by atoms with Gasteiger partial charge < -0.3 is 15.4 Å². The first kappa shape index (κ1) is 15.4. The topological polar surface area (TPSA) is 63.2 Å². The number of nitrogens with one attached hydrogen (secondary N) is 2. The average molecular weight is 265 g/mol. The van der Waals surface area contributed by atoms with Crippen molar-refractivity contribution in [3.8, 4) is 0 Å². The van der Waals surface area contributed by atoms with Crippen LogP contribution in [0.25, 0.3) is 0 Å². The number of anilines is 1. The van der Waals surface area contributed by atoms with E-state index in [0.717, 1.165) is 18.7 Å². The second-order valence-corrected chi connectivity index (χ2v) is 5.01. The molecule has 1 amide bonds. The summed E-state index contributed by atoms with van der Waals surface area (Å²) in [4.78, 5) is 16.0. The summed E-state index contributed by atoms with van der Waals surface area (Å²) >= 11 is 0. The Morgan fingerprint density at radius 3 is 2.68 bits per heavy atom. The van der Waals surface area contributed by atoms with Crippen LogP contribution in [0.3, 0.4) is 0 Å². The molecule has 0 spiro atoms. The van der Waals surface area contributed by atoms with E-state index in [2.05, 4.69) is 22.5 Å². The molecule has 0 saturated carbocycles. The van der Waals surface area contributed by atoms with Gasteiger partial charge in [0.1, 0.15) is 5.69 Å². The first-order valence-electron chi connectivity index (χ1n) is 6.52. The molecule has 106 valence electrons. The fourth-order valence-electron chi connectivity index (χ4n) is 1.36. The molecule has 5 heteroatoms. The standard InChI is InChI=1S/C14H23N3O2/c1-5-8-15-11-6-7-12(16-9-11)13(18)17-10-14(2,3)19-4/h6-7,9,15H,5,8,10H2,1-4H3,(H,17,18). The summed E-state index contributed by atoms with van der Waals surface area (Å²) in [6, 6.07) is 3.58. The number of carbonyl (C=O) groups is 1. The number of pyridine rings is 1. The van der Waals surface area contributed by atoms with Gasteiger partial charge in [-0.3, -0.25) is 4.79 Å². The van der Waals surface area contributed by atoms with E-state index in [1.54, 1.807) is 19.4 Å². The van der Waals surface area contributed by atoms with Crippen molar-refractivity contribution in [2.45, 2.75) is 32.8 Å². The van der Waals surface area contributed by atoms with Gasteiger partial charge in [-0.2, -0.15) is 0 Å². The van der Waals surface area contributed by atoms with E-state index < -0.39 is 0 Å². The molecule has 1 rings (SSSR count). The zero-order valence-corrected chi connectivity index (χ0v) is 12.1. The first-order chi connectivity index (χ1) is 8.98. The van der Waals surface area contributed by atoms with Crippen LogP contribution < -0.4 is 10.6 Å². The Balaban J connectivity index is 2.53. The van der Waals surface area contributed by atoms with Crippen molar-refractivity contribution < 1.29 is 9.53 Å². The number of hydrogen-bond acceptors (Lipinski definition) is 4. The summed E-state index contributed by atoms with van der Waals surface area (Å²) in [6.45, 7) is 7.27. The maximum absolute atomic E-state index is 11.9. The molecule has 1 aromatic rings. The van der Waals surface area contributed by atoms with Gasteiger partial charge in [0.2, 0.25) is 0 Å². The minimum absolute atomic E-state index is 0.188. The number of nitrogens with zero attached hydrogens (tertiary/aromatic N) is 1. The molecule has 0 radical (unpaired) electrons. The van der Waals surface area contributed by atoms with Gasteiger partial charge in [0.15, 0.2) is 0 Å². The van der Waals surface area contributed by atoms with Gasteiger partial charge in [-0.05, 0) is 32.4 Å². The van der Waals surface area contributed by atoms with Crippen LogP contribution in [0, 0.1) is 0 Å². The summed E-state index contributed by atoms with van der Waals surface area (Å²) in [5.41, 5.74) is 0.961.